The van der Waals surface area contributed by atoms with Crippen molar-refractivity contribution >= 4 is 0 Å². The third-order valence-corrected chi connectivity index (χ3v) is 4.25. The molecule has 2 heteroatoms. The van der Waals surface area contributed by atoms with Crippen molar-refractivity contribution in [3.63, 3.8) is 0 Å². The molecule has 0 atom stereocenters. The van der Waals surface area contributed by atoms with Gasteiger partial charge in [0.2, 0.25) is 0 Å². The number of nitriles is 1. The van der Waals surface area contributed by atoms with Crippen LogP contribution in [-0.2, 0) is 6.42 Å². The number of benzene rings is 1. The highest BCUT2D eigenvalue weighted by molar-refractivity contribution is 5.26. The summed E-state index contributed by atoms with van der Waals surface area (Å²) in [5, 5.41) is 8.47. The van der Waals surface area contributed by atoms with Gasteiger partial charge >= 0.3 is 0 Å². The minimum atomic E-state index is -0.627. The maximum absolute atomic E-state index is 13.0. The molecule has 0 aromatic heterocycles. The molecule has 1 aromatic rings. The molecule has 0 saturated heterocycles. The van der Waals surface area contributed by atoms with Gasteiger partial charge in [-0.15, -0.1) is 0 Å². The Morgan fingerprint density at radius 2 is 1.90 bits per heavy atom. The van der Waals surface area contributed by atoms with Crippen LogP contribution in [0.5, 0.6) is 0 Å². The van der Waals surface area contributed by atoms with Gasteiger partial charge in [-0.05, 0) is 61.1 Å². The van der Waals surface area contributed by atoms with Crippen LogP contribution >= 0.6 is 0 Å². The number of halogens is 1. The predicted octanol–water partition coefficient (Wildman–Crippen LogP) is 5.29. The van der Waals surface area contributed by atoms with Gasteiger partial charge in [-0.3, -0.25) is 0 Å². The molecule has 0 aliphatic heterocycles. The minimum Gasteiger partial charge on any atom is -0.195 e. The van der Waals surface area contributed by atoms with Gasteiger partial charge in [0.1, 0.15) is 6.07 Å². The molecular formula is C18H22FN. The van der Waals surface area contributed by atoms with E-state index in [1.54, 1.807) is 6.07 Å². The molecule has 0 heterocycles. The normalized spacial score (nSPS) is 23.4. The molecule has 2 rings (SSSR count). The van der Waals surface area contributed by atoms with E-state index < -0.39 is 5.83 Å². The van der Waals surface area contributed by atoms with E-state index in [4.69, 9.17) is 5.26 Å². The first-order valence-corrected chi connectivity index (χ1v) is 7.59. The van der Waals surface area contributed by atoms with E-state index in [1.807, 2.05) is 0 Å². The number of hydrogen-bond donors (Lipinski definition) is 0. The Balaban J connectivity index is 1.92. The number of rotatable bonds is 4. The standard InChI is InChI=1S/C18H22FN/c1-2-3-14-4-8-16(9-5-14)17-10-6-15(7-11-17)12-18(19)13-20/h4-5,8-9,12,15,17H,2-3,6-7,10-11H2,1H3/b18-12+. The SMILES string of the molecule is CCCc1ccc(C2CCC(/C=C(/F)C#N)CC2)cc1. The van der Waals surface area contributed by atoms with Gasteiger partial charge in [-0.25, -0.2) is 0 Å². The van der Waals surface area contributed by atoms with Crippen LogP contribution in [0.15, 0.2) is 36.2 Å². The molecule has 0 amide bonds. The number of nitrogens with zero attached hydrogens (tertiary/aromatic N) is 1. The molecule has 106 valence electrons. The molecular weight excluding hydrogens is 249 g/mol. The third kappa shape index (κ3) is 3.93. The van der Waals surface area contributed by atoms with Gasteiger partial charge in [0.25, 0.3) is 0 Å². The lowest BCUT2D eigenvalue weighted by Gasteiger charge is -2.27. The predicted molar refractivity (Wildman–Crippen MR) is 79.9 cm³/mol. The Hall–Kier alpha value is -1.62. The van der Waals surface area contributed by atoms with Gasteiger partial charge in [0.15, 0.2) is 5.83 Å². The summed E-state index contributed by atoms with van der Waals surface area (Å²) in [7, 11) is 0. The van der Waals surface area contributed by atoms with Gasteiger partial charge in [0.05, 0.1) is 0 Å². The second-order valence-corrected chi connectivity index (χ2v) is 5.73. The highest BCUT2D eigenvalue weighted by Crippen LogP contribution is 2.36. The monoisotopic (exact) mass is 271 g/mol. The Bertz CT molecular complexity index is 487. The largest absolute Gasteiger partial charge is 0.196 e. The van der Waals surface area contributed by atoms with E-state index in [-0.39, 0.29) is 5.92 Å². The first kappa shape index (κ1) is 14.8. The molecule has 0 radical (unpaired) electrons. The molecule has 0 unspecified atom stereocenters. The van der Waals surface area contributed by atoms with Crippen LogP contribution in [-0.4, -0.2) is 0 Å². The van der Waals surface area contributed by atoms with Crippen LogP contribution < -0.4 is 0 Å². The fourth-order valence-electron chi connectivity index (χ4n) is 3.11. The number of hydrogen-bond acceptors (Lipinski definition) is 1. The molecule has 1 saturated carbocycles. The van der Waals surface area contributed by atoms with Crippen molar-refractivity contribution in [2.24, 2.45) is 5.92 Å². The molecule has 0 N–H and O–H groups in total. The lowest BCUT2D eigenvalue weighted by Crippen LogP contribution is -2.12. The van der Waals surface area contributed by atoms with E-state index in [0.29, 0.717) is 5.92 Å². The molecule has 0 bridgehead atoms. The van der Waals surface area contributed by atoms with Crippen molar-refractivity contribution < 1.29 is 4.39 Å². The van der Waals surface area contributed by atoms with Crippen LogP contribution in [0.25, 0.3) is 0 Å². The van der Waals surface area contributed by atoms with Crippen LogP contribution in [0.1, 0.15) is 56.1 Å². The lowest BCUT2D eigenvalue weighted by atomic mass is 9.78. The second-order valence-electron chi connectivity index (χ2n) is 5.73. The van der Waals surface area contributed by atoms with Crippen LogP contribution in [0, 0.1) is 17.2 Å². The summed E-state index contributed by atoms with van der Waals surface area (Å²) in [5.74, 6) is 0.211. The Labute approximate surface area is 121 Å². The Kier molecular flexibility index (Phi) is 5.35. The maximum Gasteiger partial charge on any atom is 0.196 e. The van der Waals surface area contributed by atoms with Crippen molar-refractivity contribution in [3.05, 3.63) is 47.3 Å². The van der Waals surface area contributed by atoms with Crippen LogP contribution in [0.3, 0.4) is 0 Å². The lowest BCUT2D eigenvalue weighted by molar-refractivity contribution is 0.372. The summed E-state index contributed by atoms with van der Waals surface area (Å²) >= 11 is 0. The van der Waals surface area contributed by atoms with E-state index >= 15 is 0 Å². The van der Waals surface area contributed by atoms with Gasteiger partial charge < -0.3 is 0 Å². The molecule has 1 nitrogen and oxygen atoms in total. The molecule has 20 heavy (non-hydrogen) atoms. The van der Waals surface area contributed by atoms with E-state index in [1.165, 1.54) is 23.6 Å². The quantitative estimate of drug-likeness (QED) is 0.682. The first-order chi connectivity index (χ1) is 9.72. The summed E-state index contributed by atoms with van der Waals surface area (Å²) in [6, 6.07) is 10.5. The summed E-state index contributed by atoms with van der Waals surface area (Å²) in [5.41, 5.74) is 2.82. The van der Waals surface area contributed by atoms with Gasteiger partial charge in [-0.2, -0.15) is 9.65 Å². The molecule has 1 aromatic carbocycles. The highest BCUT2D eigenvalue weighted by Gasteiger charge is 2.21. The third-order valence-electron chi connectivity index (χ3n) is 4.25. The number of aryl methyl sites for hydroxylation is 1. The van der Waals surface area contributed by atoms with Crippen molar-refractivity contribution in [1.29, 1.82) is 5.26 Å². The summed E-state index contributed by atoms with van der Waals surface area (Å²) < 4.78 is 13.0. The zero-order chi connectivity index (χ0) is 14.4. The molecule has 1 aliphatic carbocycles. The van der Waals surface area contributed by atoms with E-state index in [9.17, 15) is 4.39 Å². The number of allylic oxidation sites excluding steroid dienone is 2. The molecule has 1 aliphatic rings. The zero-order valence-electron chi connectivity index (χ0n) is 12.1. The van der Waals surface area contributed by atoms with Crippen molar-refractivity contribution in [3.8, 4) is 6.07 Å². The van der Waals surface area contributed by atoms with E-state index in [2.05, 4.69) is 31.2 Å². The molecule has 0 spiro atoms. The van der Waals surface area contributed by atoms with Crippen molar-refractivity contribution in [2.45, 2.75) is 51.4 Å². The Morgan fingerprint density at radius 3 is 2.45 bits per heavy atom. The summed E-state index contributed by atoms with van der Waals surface area (Å²) in [4.78, 5) is 0. The zero-order valence-corrected chi connectivity index (χ0v) is 12.1. The van der Waals surface area contributed by atoms with Gasteiger partial charge in [-0.1, -0.05) is 37.6 Å². The fourth-order valence-corrected chi connectivity index (χ4v) is 3.11. The maximum atomic E-state index is 13.0. The summed E-state index contributed by atoms with van der Waals surface area (Å²) in [6.45, 7) is 2.20. The summed E-state index contributed by atoms with van der Waals surface area (Å²) in [6.07, 6.45) is 7.97. The minimum absolute atomic E-state index is 0.241. The van der Waals surface area contributed by atoms with Crippen molar-refractivity contribution in [1.82, 2.24) is 0 Å². The molecule has 1 fully saturated rings. The average molecular weight is 271 g/mol. The van der Waals surface area contributed by atoms with Gasteiger partial charge in [0, 0.05) is 0 Å². The van der Waals surface area contributed by atoms with Crippen molar-refractivity contribution in [2.75, 3.05) is 0 Å². The van der Waals surface area contributed by atoms with Crippen LogP contribution in [0.2, 0.25) is 0 Å². The Morgan fingerprint density at radius 1 is 1.25 bits per heavy atom. The van der Waals surface area contributed by atoms with E-state index in [0.717, 1.165) is 32.1 Å². The van der Waals surface area contributed by atoms with Crippen LogP contribution in [0.4, 0.5) is 4.39 Å². The second kappa shape index (κ2) is 7.24. The fraction of sp³-hybridized carbons (Fsp3) is 0.500. The average Bonchev–Trinajstić information content (AvgIpc) is 2.49. The first-order valence-electron chi connectivity index (χ1n) is 7.59. The topological polar surface area (TPSA) is 23.8 Å². The smallest absolute Gasteiger partial charge is 0.195 e. The highest BCUT2D eigenvalue weighted by atomic mass is 19.1.